The number of hydrogen-bond donors (Lipinski definition) is 1. The maximum absolute atomic E-state index is 11.8. The Kier molecular flexibility index (Phi) is 8.06. The second-order valence-electron chi connectivity index (χ2n) is 7.57. The molecule has 8 nitrogen and oxygen atoms in total. The van der Waals surface area contributed by atoms with Crippen LogP contribution in [0, 0.1) is 0 Å². The van der Waals surface area contributed by atoms with Crippen LogP contribution in [0.25, 0.3) is 22.0 Å². The van der Waals surface area contributed by atoms with E-state index in [1.54, 1.807) is 30.3 Å². The SMILES string of the molecule is CC(C)Oc1ccccc1-c1ccc(N=Nc2cc(S(=O)(=O)[O-])c3ccccc3c2N)cn1.[Na+]. The summed E-state index contributed by atoms with van der Waals surface area (Å²) < 4.78 is 41.1. The summed E-state index contributed by atoms with van der Waals surface area (Å²) in [4.78, 5) is 4.06. The number of hydrogen-bond acceptors (Lipinski definition) is 8. The fraction of sp³-hybridized carbons (Fsp3) is 0.125. The molecule has 0 radical (unpaired) electrons. The quantitative estimate of drug-likeness (QED) is 0.194. The van der Waals surface area contributed by atoms with Crippen molar-refractivity contribution in [2.45, 2.75) is 24.8 Å². The Labute approximate surface area is 219 Å². The van der Waals surface area contributed by atoms with Crippen LogP contribution in [0.4, 0.5) is 17.1 Å². The van der Waals surface area contributed by atoms with Gasteiger partial charge in [0.15, 0.2) is 0 Å². The van der Waals surface area contributed by atoms with E-state index in [0.29, 0.717) is 16.8 Å². The molecule has 0 aliphatic carbocycles. The van der Waals surface area contributed by atoms with Gasteiger partial charge in [0.1, 0.15) is 27.2 Å². The molecule has 2 N–H and O–H groups in total. The maximum Gasteiger partial charge on any atom is 1.00 e. The fourth-order valence-corrected chi connectivity index (χ4v) is 4.09. The second-order valence-corrected chi connectivity index (χ2v) is 8.92. The van der Waals surface area contributed by atoms with Gasteiger partial charge >= 0.3 is 29.6 Å². The van der Waals surface area contributed by atoms with Crippen LogP contribution in [0.1, 0.15) is 13.8 Å². The number of ether oxygens (including phenoxy) is 1. The maximum atomic E-state index is 11.8. The average Bonchev–Trinajstić information content (AvgIpc) is 2.78. The Morgan fingerprint density at radius 3 is 2.29 bits per heavy atom. The summed E-state index contributed by atoms with van der Waals surface area (Å²) in [7, 11) is -4.73. The van der Waals surface area contributed by atoms with Crippen molar-refractivity contribution in [1.29, 1.82) is 0 Å². The van der Waals surface area contributed by atoms with Gasteiger partial charge in [-0.15, -0.1) is 10.2 Å². The van der Waals surface area contributed by atoms with Crippen molar-refractivity contribution < 1.29 is 47.3 Å². The van der Waals surface area contributed by atoms with Crippen LogP contribution in [0.2, 0.25) is 0 Å². The molecular weight excluding hydrogens is 463 g/mol. The van der Waals surface area contributed by atoms with E-state index in [2.05, 4.69) is 15.2 Å². The second kappa shape index (κ2) is 10.6. The van der Waals surface area contributed by atoms with Crippen molar-refractivity contribution in [3.63, 3.8) is 0 Å². The summed E-state index contributed by atoms with van der Waals surface area (Å²) in [5.74, 6) is 0.727. The van der Waals surface area contributed by atoms with Crippen molar-refractivity contribution in [2.24, 2.45) is 10.2 Å². The van der Waals surface area contributed by atoms with Crippen molar-refractivity contribution in [3.05, 3.63) is 72.9 Å². The first kappa shape index (κ1) is 25.8. The number of benzene rings is 3. The number of rotatable bonds is 6. The molecule has 1 aromatic heterocycles. The van der Waals surface area contributed by atoms with E-state index in [0.717, 1.165) is 17.4 Å². The van der Waals surface area contributed by atoms with Crippen LogP contribution >= 0.6 is 0 Å². The van der Waals surface area contributed by atoms with Gasteiger partial charge in [0.05, 0.1) is 28.6 Å². The first-order valence-electron chi connectivity index (χ1n) is 10.1. The van der Waals surface area contributed by atoms with E-state index in [-0.39, 0.29) is 52.4 Å². The molecule has 0 saturated carbocycles. The minimum absolute atomic E-state index is 0. The summed E-state index contributed by atoms with van der Waals surface area (Å²) in [6.07, 6.45) is 1.56. The van der Waals surface area contributed by atoms with Crippen LogP contribution in [0.15, 0.2) is 88.1 Å². The molecule has 3 aromatic carbocycles. The molecule has 0 aliphatic heterocycles. The molecule has 0 aliphatic rings. The van der Waals surface area contributed by atoms with E-state index < -0.39 is 15.0 Å². The van der Waals surface area contributed by atoms with Gasteiger partial charge in [-0.3, -0.25) is 4.98 Å². The molecule has 1 heterocycles. The van der Waals surface area contributed by atoms with E-state index in [1.807, 2.05) is 38.1 Å². The third-order valence-corrected chi connectivity index (χ3v) is 5.72. The molecule has 0 spiro atoms. The van der Waals surface area contributed by atoms with Gasteiger partial charge in [-0.2, -0.15) is 0 Å². The van der Waals surface area contributed by atoms with Gasteiger partial charge in [0, 0.05) is 16.3 Å². The molecule has 0 bridgehead atoms. The van der Waals surface area contributed by atoms with Gasteiger partial charge in [-0.05, 0) is 44.2 Å². The summed E-state index contributed by atoms with van der Waals surface area (Å²) in [6, 6.07) is 18.7. The number of nitrogens with two attached hydrogens (primary N) is 1. The number of pyridine rings is 1. The number of aromatic nitrogens is 1. The van der Waals surface area contributed by atoms with E-state index in [1.165, 1.54) is 12.3 Å². The first-order chi connectivity index (χ1) is 15.7. The Hall–Kier alpha value is -2.82. The largest absolute Gasteiger partial charge is 1.00 e. The molecule has 168 valence electrons. The number of anilines is 1. The van der Waals surface area contributed by atoms with Gasteiger partial charge in [-0.25, -0.2) is 8.42 Å². The van der Waals surface area contributed by atoms with Gasteiger partial charge in [0.25, 0.3) is 0 Å². The Morgan fingerprint density at radius 2 is 1.65 bits per heavy atom. The number of azo groups is 1. The van der Waals surface area contributed by atoms with Crippen LogP contribution in [0.5, 0.6) is 5.75 Å². The van der Waals surface area contributed by atoms with Gasteiger partial charge in [0.2, 0.25) is 0 Å². The summed E-state index contributed by atoms with van der Waals surface area (Å²) in [5.41, 5.74) is 8.47. The minimum Gasteiger partial charge on any atom is -0.744 e. The smallest absolute Gasteiger partial charge is 0.744 e. The minimum atomic E-state index is -4.73. The van der Waals surface area contributed by atoms with E-state index in [4.69, 9.17) is 10.5 Å². The first-order valence-corrected chi connectivity index (χ1v) is 11.6. The monoisotopic (exact) mass is 484 g/mol. The van der Waals surface area contributed by atoms with Crippen LogP contribution in [0.3, 0.4) is 0 Å². The van der Waals surface area contributed by atoms with Crippen LogP contribution in [-0.2, 0) is 10.1 Å². The molecule has 0 saturated heterocycles. The Balaban J connectivity index is 0.00000324. The molecular formula is C24H21N4NaO4S. The van der Waals surface area contributed by atoms with Crippen LogP contribution in [-0.4, -0.2) is 24.1 Å². The zero-order valence-corrected chi connectivity index (χ0v) is 21.8. The Bertz CT molecular complexity index is 1460. The number of nitrogen functional groups attached to an aromatic ring is 1. The third-order valence-electron chi connectivity index (χ3n) is 4.84. The topological polar surface area (TPSA) is 130 Å². The summed E-state index contributed by atoms with van der Waals surface area (Å²) >= 11 is 0. The fourth-order valence-electron chi connectivity index (χ4n) is 3.39. The molecule has 0 amide bonds. The standard InChI is InChI=1S/C24H22N4O4S.Na/c1-15(2)32-22-10-6-5-9-19(22)20-12-11-16(14-26-20)27-28-21-13-23(33(29,30)31)17-7-3-4-8-18(17)24(21)25;/h3-15H,25H2,1-2H3,(H,29,30,31);/q;+1/p-1. The number of para-hydroxylation sites is 1. The number of nitrogens with zero attached hydrogens (tertiary/aromatic N) is 3. The van der Waals surface area contributed by atoms with Crippen molar-refractivity contribution in [3.8, 4) is 17.0 Å². The molecule has 4 rings (SSSR count). The predicted molar refractivity (Wildman–Crippen MR) is 126 cm³/mol. The molecule has 0 fully saturated rings. The van der Waals surface area contributed by atoms with Gasteiger partial charge < -0.3 is 15.0 Å². The van der Waals surface area contributed by atoms with Crippen molar-refractivity contribution >= 4 is 38.0 Å². The van der Waals surface area contributed by atoms with Gasteiger partial charge in [-0.1, -0.05) is 36.4 Å². The number of fused-ring (bicyclic) bond motifs is 1. The average molecular weight is 485 g/mol. The van der Waals surface area contributed by atoms with Crippen LogP contribution < -0.4 is 40.0 Å². The summed E-state index contributed by atoms with van der Waals surface area (Å²) in [5, 5.41) is 8.88. The predicted octanol–water partition coefficient (Wildman–Crippen LogP) is 2.59. The van der Waals surface area contributed by atoms with Crippen molar-refractivity contribution in [1.82, 2.24) is 4.98 Å². The van der Waals surface area contributed by atoms with Crippen molar-refractivity contribution in [2.75, 3.05) is 5.73 Å². The molecule has 4 aromatic rings. The molecule has 10 heteroatoms. The van der Waals surface area contributed by atoms with E-state index >= 15 is 0 Å². The molecule has 0 unspecified atom stereocenters. The molecule has 0 atom stereocenters. The normalized spacial score (nSPS) is 11.6. The zero-order chi connectivity index (χ0) is 23.6. The molecule has 34 heavy (non-hydrogen) atoms. The third kappa shape index (κ3) is 5.63. The zero-order valence-electron chi connectivity index (χ0n) is 19.0. The Morgan fingerprint density at radius 1 is 0.971 bits per heavy atom. The summed E-state index contributed by atoms with van der Waals surface area (Å²) in [6.45, 7) is 3.91. The van der Waals surface area contributed by atoms with E-state index in [9.17, 15) is 13.0 Å².